The van der Waals surface area contributed by atoms with E-state index in [1.165, 1.54) is 12.1 Å². The SMILES string of the molecule is COc1ccc(C(=O)C2C(c3ccc([N+](=O)[O-])cc3)C3CCCN3[C@@]23C(=O)Nc2ccc(OC)cc23)cc1. The zero-order chi connectivity index (χ0) is 26.6. The van der Waals surface area contributed by atoms with E-state index in [0.29, 0.717) is 29.3 Å². The largest absolute Gasteiger partial charge is 0.497 e. The minimum atomic E-state index is -1.24. The fourth-order valence-electron chi connectivity index (χ4n) is 6.79. The highest BCUT2D eigenvalue weighted by Crippen LogP contribution is 2.61. The number of amides is 1. The number of hydrogen-bond donors (Lipinski definition) is 1. The number of ketones is 1. The first-order valence-corrected chi connectivity index (χ1v) is 12.6. The highest BCUT2D eigenvalue weighted by atomic mass is 16.6. The second-order valence-electron chi connectivity index (χ2n) is 9.98. The smallest absolute Gasteiger partial charge is 0.269 e. The van der Waals surface area contributed by atoms with E-state index in [9.17, 15) is 19.7 Å². The first-order valence-electron chi connectivity index (χ1n) is 12.6. The Morgan fingerprint density at radius 2 is 1.71 bits per heavy atom. The van der Waals surface area contributed by atoms with Crippen LogP contribution in [-0.4, -0.2) is 48.3 Å². The molecule has 2 saturated heterocycles. The molecule has 0 radical (unpaired) electrons. The molecule has 0 bridgehead atoms. The van der Waals surface area contributed by atoms with Gasteiger partial charge in [0.1, 0.15) is 17.0 Å². The van der Waals surface area contributed by atoms with Gasteiger partial charge in [0, 0.05) is 40.9 Å². The maximum Gasteiger partial charge on any atom is 0.269 e. The Bertz CT molecular complexity index is 1440. The lowest BCUT2D eigenvalue weighted by atomic mass is 9.68. The van der Waals surface area contributed by atoms with E-state index in [4.69, 9.17) is 9.47 Å². The Morgan fingerprint density at radius 1 is 1.03 bits per heavy atom. The van der Waals surface area contributed by atoms with Crippen LogP contribution < -0.4 is 14.8 Å². The van der Waals surface area contributed by atoms with E-state index in [0.717, 1.165) is 24.0 Å². The van der Waals surface area contributed by atoms with Crippen molar-refractivity contribution in [3.05, 3.63) is 93.5 Å². The van der Waals surface area contributed by atoms with Gasteiger partial charge in [0.15, 0.2) is 5.78 Å². The Kier molecular flexibility index (Phi) is 5.68. The van der Waals surface area contributed by atoms with E-state index in [-0.39, 0.29) is 29.3 Å². The quantitative estimate of drug-likeness (QED) is 0.293. The molecule has 9 nitrogen and oxygen atoms in total. The van der Waals surface area contributed by atoms with E-state index < -0.39 is 16.4 Å². The van der Waals surface area contributed by atoms with Crippen molar-refractivity contribution in [2.75, 3.05) is 26.1 Å². The van der Waals surface area contributed by atoms with Crippen molar-refractivity contribution in [3.63, 3.8) is 0 Å². The standard InChI is InChI=1S/C29H27N3O6/c1-37-20-11-7-18(8-12-20)27(33)26-25(17-5-9-19(10-6-17)32(35)36)24-4-3-15-31(24)29(26)22-16-21(38-2)13-14-23(22)30-28(29)34/h5-14,16,24-26H,3-4,15H2,1-2H3,(H,30,34)/t24?,25?,26?,29-/m1/s1. The van der Waals surface area contributed by atoms with Crippen molar-refractivity contribution in [2.24, 2.45) is 5.92 Å². The molecule has 0 aliphatic carbocycles. The van der Waals surface area contributed by atoms with Gasteiger partial charge in [0.05, 0.1) is 25.1 Å². The van der Waals surface area contributed by atoms with Gasteiger partial charge in [0.2, 0.25) is 5.91 Å². The number of hydrogen-bond acceptors (Lipinski definition) is 7. The molecule has 194 valence electrons. The number of carbonyl (C=O) groups excluding carboxylic acids is 2. The third-order valence-corrected chi connectivity index (χ3v) is 8.35. The van der Waals surface area contributed by atoms with Gasteiger partial charge in [0.25, 0.3) is 5.69 Å². The van der Waals surface area contributed by atoms with Crippen LogP contribution in [0.3, 0.4) is 0 Å². The summed E-state index contributed by atoms with van der Waals surface area (Å²) in [5, 5.41) is 14.4. The monoisotopic (exact) mass is 513 g/mol. The Morgan fingerprint density at radius 3 is 2.37 bits per heavy atom. The summed E-state index contributed by atoms with van der Waals surface area (Å²) in [5.74, 6) is -0.277. The number of Topliss-reactive ketones (excluding diaryl/α,β-unsaturated/α-hetero) is 1. The fourth-order valence-corrected chi connectivity index (χ4v) is 6.79. The topological polar surface area (TPSA) is 111 Å². The molecule has 0 saturated carbocycles. The minimum absolute atomic E-state index is 0.0172. The van der Waals surface area contributed by atoms with Crippen molar-refractivity contribution in [1.82, 2.24) is 4.90 Å². The third-order valence-electron chi connectivity index (χ3n) is 8.35. The van der Waals surface area contributed by atoms with Gasteiger partial charge in [-0.3, -0.25) is 24.6 Å². The predicted octanol–water partition coefficient (Wildman–Crippen LogP) is 4.52. The lowest BCUT2D eigenvalue weighted by Gasteiger charge is -2.37. The molecule has 0 aromatic heterocycles. The van der Waals surface area contributed by atoms with Crippen LogP contribution in [-0.2, 0) is 10.3 Å². The number of nitrogens with zero attached hydrogens (tertiary/aromatic N) is 2. The fraction of sp³-hybridized carbons (Fsp3) is 0.310. The number of methoxy groups -OCH3 is 2. The molecule has 1 N–H and O–H groups in total. The highest BCUT2D eigenvalue weighted by molar-refractivity contribution is 6.12. The maximum atomic E-state index is 14.5. The van der Waals surface area contributed by atoms with Gasteiger partial charge >= 0.3 is 0 Å². The second kappa shape index (κ2) is 8.95. The number of fused-ring (bicyclic) bond motifs is 4. The number of benzene rings is 3. The summed E-state index contributed by atoms with van der Waals surface area (Å²) in [6.07, 6.45) is 1.69. The van der Waals surface area contributed by atoms with E-state index in [2.05, 4.69) is 10.2 Å². The van der Waals surface area contributed by atoms with Gasteiger partial charge in [-0.05, 0) is 67.4 Å². The first-order chi connectivity index (χ1) is 18.4. The number of non-ortho nitro benzene ring substituents is 1. The Balaban J connectivity index is 1.58. The molecule has 3 unspecified atom stereocenters. The molecule has 38 heavy (non-hydrogen) atoms. The molecule has 3 aliphatic heterocycles. The van der Waals surface area contributed by atoms with E-state index in [1.54, 1.807) is 56.7 Å². The van der Waals surface area contributed by atoms with Crippen molar-refractivity contribution in [2.45, 2.75) is 30.3 Å². The molecular weight excluding hydrogens is 486 g/mol. The molecule has 3 aliphatic rings. The van der Waals surface area contributed by atoms with Crippen LogP contribution in [0.1, 0.15) is 40.2 Å². The van der Waals surface area contributed by atoms with Gasteiger partial charge in [-0.25, -0.2) is 0 Å². The number of anilines is 1. The number of nitro groups is 1. The summed E-state index contributed by atoms with van der Waals surface area (Å²) in [5.41, 5.74) is 1.42. The molecule has 4 atom stereocenters. The summed E-state index contributed by atoms with van der Waals surface area (Å²) < 4.78 is 10.8. The molecule has 1 spiro atoms. The summed E-state index contributed by atoms with van der Waals surface area (Å²) >= 11 is 0. The minimum Gasteiger partial charge on any atom is -0.497 e. The Hall–Kier alpha value is -4.24. The van der Waals surface area contributed by atoms with Gasteiger partial charge < -0.3 is 14.8 Å². The van der Waals surface area contributed by atoms with Crippen molar-refractivity contribution >= 4 is 23.1 Å². The number of ether oxygens (including phenoxy) is 2. The zero-order valence-electron chi connectivity index (χ0n) is 21.0. The van der Waals surface area contributed by atoms with Gasteiger partial charge in [-0.2, -0.15) is 0 Å². The molecule has 6 rings (SSSR count). The van der Waals surface area contributed by atoms with E-state index >= 15 is 0 Å². The van der Waals surface area contributed by atoms with Gasteiger partial charge in [-0.1, -0.05) is 12.1 Å². The first kappa shape index (κ1) is 24.1. The van der Waals surface area contributed by atoms with Crippen LogP contribution in [0.5, 0.6) is 11.5 Å². The summed E-state index contributed by atoms with van der Waals surface area (Å²) in [6.45, 7) is 0.657. The molecule has 3 aromatic carbocycles. The average molecular weight is 514 g/mol. The summed E-state index contributed by atoms with van der Waals surface area (Å²) in [4.78, 5) is 41.7. The van der Waals surface area contributed by atoms with Crippen LogP contribution in [0.25, 0.3) is 0 Å². The highest BCUT2D eigenvalue weighted by Gasteiger charge is 2.69. The molecule has 3 aromatic rings. The lowest BCUT2D eigenvalue weighted by molar-refractivity contribution is -0.384. The number of rotatable bonds is 6. The van der Waals surface area contributed by atoms with Crippen molar-refractivity contribution < 1.29 is 24.0 Å². The normalized spacial score (nSPS) is 25.6. The molecule has 9 heteroatoms. The zero-order valence-corrected chi connectivity index (χ0v) is 21.0. The lowest BCUT2D eigenvalue weighted by Crippen LogP contribution is -2.52. The second-order valence-corrected chi connectivity index (χ2v) is 9.98. The predicted molar refractivity (Wildman–Crippen MR) is 140 cm³/mol. The number of nitrogens with one attached hydrogen (secondary N) is 1. The Labute approximate surface area is 219 Å². The molecule has 3 heterocycles. The van der Waals surface area contributed by atoms with Crippen LogP contribution >= 0.6 is 0 Å². The molecule has 2 fully saturated rings. The number of carbonyl (C=O) groups is 2. The van der Waals surface area contributed by atoms with Crippen LogP contribution in [0.2, 0.25) is 0 Å². The molecular formula is C29H27N3O6. The summed E-state index contributed by atoms with van der Waals surface area (Å²) in [7, 11) is 3.14. The van der Waals surface area contributed by atoms with E-state index in [1.807, 2.05) is 12.1 Å². The molecule has 1 amide bonds. The van der Waals surface area contributed by atoms with Crippen molar-refractivity contribution in [1.29, 1.82) is 0 Å². The van der Waals surface area contributed by atoms with Crippen molar-refractivity contribution in [3.8, 4) is 11.5 Å². The maximum absolute atomic E-state index is 14.5. The van der Waals surface area contributed by atoms with Crippen LogP contribution in [0, 0.1) is 16.0 Å². The van der Waals surface area contributed by atoms with Crippen LogP contribution in [0.15, 0.2) is 66.7 Å². The number of nitro benzene ring substituents is 1. The van der Waals surface area contributed by atoms with Crippen LogP contribution in [0.4, 0.5) is 11.4 Å². The average Bonchev–Trinajstić information content (AvgIpc) is 3.61. The van der Waals surface area contributed by atoms with Gasteiger partial charge in [-0.15, -0.1) is 0 Å². The third kappa shape index (κ3) is 3.35. The summed E-state index contributed by atoms with van der Waals surface area (Å²) in [6, 6.07) is 18.7.